The first kappa shape index (κ1) is 14.9. The number of nitrogens with zero attached hydrogens (tertiary/aromatic N) is 2. The fraction of sp³-hybridized carbons (Fsp3) is 0.294. The standard InChI is InChI=1S/C17H17ClN2O2/c1-17(2)13-8-9-14(18)19-15(13)16(21)20(17)10-11-4-6-12(22-3)7-5-11/h4-9H,10H2,1-3H3. The lowest BCUT2D eigenvalue weighted by Gasteiger charge is -2.32. The number of hydrogen-bond acceptors (Lipinski definition) is 3. The molecule has 0 aliphatic carbocycles. The molecule has 0 radical (unpaired) electrons. The summed E-state index contributed by atoms with van der Waals surface area (Å²) in [7, 11) is 1.63. The summed E-state index contributed by atoms with van der Waals surface area (Å²) in [5.74, 6) is 0.714. The minimum Gasteiger partial charge on any atom is -0.497 e. The fourth-order valence-electron chi connectivity index (χ4n) is 2.80. The quantitative estimate of drug-likeness (QED) is 0.812. The van der Waals surface area contributed by atoms with Gasteiger partial charge in [0, 0.05) is 12.1 Å². The Bertz CT molecular complexity index is 726. The zero-order chi connectivity index (χ0) is 15.9. The number of carbonyl (C=O) groups is 1. The second-order valence-corrected chi connectivity index (χ2v) is 6.22. The summed E-state index contributed by atoms with van der Waals surface area (Å²) in [6.07, 6.45) is 0. The van der Waals surface area contributed by atoms with Gasteiger partial charge in [0.05, 0.1) is 12.6 Å². The molecule has 1 aliphatic heterocycles. The number of ether oxygens (including phenoxy) is 1. The second kappa shape index (κ2) is 5.29. The molecule has 0 atom stereocenters. The van der Waals surface area contributed by atoms with Crippen molar-refractivity contribution in [2.24, 2.45) is 0 Å². The van der Waals surface area contributed by atoms with Gasteiger partial charge in [-0.1, -0.05) is 29.8 Å². The maximum atomic E-state index is 12.7. The summed E-state index contributed by atoms with van der Waals surface area (Å²) < 4.78 is 5.16. The number of aromatic nitrogens is 1. The van der Waals surface area contributed by atoms with E-state index in [1.165, 1.54) is 0 Å². The van der Waals surface area contributed by atoms with Crippen LogP contribution in [0.25, 0.3) is 0 Å². The minimum absolute atomic E-state index is 0.0849. The van der Waals surface area contributed by atoms with Crippen molar-refractivity contribution in [3.8, 4) is 5.75 Å². The van der Waals surface area contributed by atoms with Gasteiger partial charge in [0.25, 0.3) is 5.91 Å². The van der Waals surface area contributed by atoms with E-state index < -0.39 is 5.54 Å². The van der Waals surface area contributed by atoms with Crippen LogP contribution in [0.1, 0.15) is 35.5 Å². The number of carbonyl (C=O) groups excluding carboxylic acids is 1. The molecule has 1 amide bonds. The SMILES string of the molecule is COc1ccc(CN2C(=O)c3nc(Cl)ccc3C2(C)C)cc1. The molecule has 0 bridgehead atoms. The predicted molar refractivity (Wildman–Crippen MR) is 85.1 cm³/mol. The maximum Gasteiger partial charge on any atom is 0.273 e. The van der Waals surface area contributed by atoms with E-state index in [1.807, 2.05) is 49.1 Å². The van der Waals surface area contributed by atoms with E-state index in [1.54, 1.807) is 13.2 Å². The molecule has 114 valence electrons. The normalized spacial score (nSPS) is 15.8. The number of rotatable bonds is 3. The highest BCUT2D eigenvalue weighted by Gasteiger charge is 2.43. The number of hydrogen-bond donors (Lipinski definition) is 0. The average Bonchev–Trinajstić information content (AvgIpc) is 2.68. The van der Waals surface area contributed by atoms with Crippen molar-refractivity contribution in [3.05, 3.63) is 58.4 Å². The van der Waals surface area contributed by atoms with Crippen LogP contribution in [0.2, 0.25) is 5.15 Å². The molecule has 3 rings (SSSR count). The predicted octanol–water partition coefficient (Wildman–Crippen LogP) is 3.63. The Kier molecular flexibility index (Phi) is 3.57. The molecule has 0 fully saturated rings. The van der Waals surface area contributed by atoms with Gasteiger partial charge in [0.2, 0.25) is 0 Å². The molecule has 0 spiro atoms. The summed E-state index contributed by atoms with van der Waals surface area (Å²) >= 11 is 5.93. The minimum atomic E-state index is -0.413. The molecule has 2 heterocycles. The van der Waals surface area contributed by atoms with E-state index in [2.05, 4.69) is 4.98 Å². The van der Waals surface area contributed by atoms with Crippen molar-refractivity contribution in [1.29, 1.82) is 0 Å². The first-order valence-electron chi connectivity index (χ1n) is 7.05. The van der Waals surface area contributed by atoms with E-state index in [4.69, 9.17) is 16.3 Å². The highest BCUT2D eigenvalue weighted by molar-refractivity contribution is 6.29. The Hall–Kier alpha value is -2.07. The monoisotopic (exact) mass is 316 g/mol. The van der Waals surface area contributed by atoms with Gasteiger partial charge in [-0.25, -0.2) is 4.98 Å². The van der Waals surface area contributed by atoms with Crippen molar-refractivity contribution >= 4 is 17.5 Å². The van der Waals surface area contributed by atoms with Gasteiger partial charge in [-0.2, -0.15) is 0 Å². The topological polar surface area (TPSA) is 42.4 Å². The molecule has 5 heteroatoms. The summed E-state index contributed by atoms with van der Waals surface area (Å²) in [6.45, 7) is 4.56. The van der Waals surface area contributed by atoms with Crippen LogP contribution in [0.4, 0.5) is 0 Å². The number of pyridine rings is 1. The molecule has 22 heavy (non-hydrogen) atoms. The zero-order valence-corrected chi connectivity index (χ0v) is 13.5. The number of fused-ring (bicyclic) bond motifs is 1. The van der Waals surface area contributed by atoms with E-state index in [0.29, 0.717) is 17.4 Å². The molecule has 1 aromatic carbocycles. The van der Waals surface area contributed by atoms with Gasteiger partial charge in [-0.05, 0) is 37.6 Å². The fourth-order valence-corrected chi connectivity index (χ4v) is 2.95. The zero-order valence-electron chi connectivity index (χ0n) is 12.8. The van der Waals surface area contributed by atoms with Crippen LogP contribution in [0.15, 0.2) is 36.4 Å². The number of amides is 1. The van der Waals surface area contributed by atoms with Gasteiger partial charge < -0.3 is 9.64 Å². The molecule has 1 aliphatic rings. The third-order valence-corrected chi connectivity index (χ3v) is 4.35. The molecule has 4 nitrogen and oxygen atoms in total. The van der Waals surface area contributed by atoms with Gasteiger partial charge in [0.1, 0.15) is 16.6 Å². The van der Waals surface area contributed by atoms with Crippen LogP contribution < -0.4 is 4.74 Å². The lowest BCUT2D eigenvalue weighted by molar-refractivity contribution is 0.0592. The van der Waals surface area contributed by atoms with E-state index in [0.717, 1.165) is 16.9 Å². The molecule has 1 aromatic heterocycles. The highest BCUT2D eigenvalue weighted by Crippen LogP contribution is 2.39. The van der Waals surface area contributed by atoms with Crippen molar-refractivity contribution < 1.29 is 9.53 Å². The largest absolute Gasteiger partial charge is 0.497 e. The number of halogens is 1. The summed E-state index contributed by atoms with van der Waals surface area (Å²) in [5.41, 5.74) is 1.99. The third-order valence-electron chi connectivity index (χ3n) is 4.14. The number of benzene rings is 1. The van der Waals surface area contributed by atoms with Gasteiger partial charge >= 0.3 is 0 Å². The highest BCUT2D eigenvalue weighted by atomic mass is 35.5. The molecule has 0 saturated heterocycles. The van der Waals surface area contributed by atoms with Crippen LogP contribution in [0, 0.1) is 0 Å². The Balaban J connectivity index is 1.93. The smallest absolute Gasteiger partial charge is 0.273 e. The van der Waals surface area contributed by atoms with E-state index in [9.17, 15) is 4.79 Å². The van der Waals surface area contributed by atoms with Gasteiger partial charge in [-0.3, -0.25) is 4.79 Å². The maximum absolute atomic E-state index is 12.7. The van der Waals surface area contributed by atoms with Crippen LogP contribution >= 0.6 is 11.6 Å². The lowest BCUT2D eigenvalue weighted by atomic mass is 9.95. The summed E-state index contributed by atoms with van der Waals surface area (Å²) in [6, 6.07) is 11.3. The molecule has 0 N–H and O–H groups in total. The molecular formula is C17H17ClN2O2. The van der Waals surface area contributed by atoms with Crippen molar-refractivity contribution in [2.45, 2.75) is 25.9 Å². The number of methoxy groups -OCH3 is 1. The Morgan fingerprint density at radius 1 is 1.18 bits per heavy atom. The molecular weight excluding hydrogens is 300 g/mol. The molecule has 0 unspecified atom stereocenters. The summed E-state index contributed by atoms with van der Waals surface area (Å²) in [5, 5.41) is 0.342. The van der Waals surface area contributed by atoms with Crippen LogP contribution in [0.5, 0.6) is 5.75 Å². The van der Waals surface area contributed by atoms with Gasteiger partial charge in [-0.15, -0.1) is 0 Å². The lowest BCUT2D eigenvalue weighted by Crippen LogP contribution is -2.38. The van der Waals surface area contributed by atoms with Crippen molar-refractivity contribution in [2.75, 3.05) is 7.11 Å². The molecule has 0 saturated carbocycles. The Morgan fingerprint density at radius 2 is 1.86 bits per heavy atom. The Labute approximate surface area is 134 Å². The van der Waals surface area contributed by atoms with Crippen LogP contribution in [-0.2, 0) is 12.1 Å². The molecule has 2 aromatic rings. The van der Waals surface area contributed by atoms with Crippen LogP contribution in [-0.4, -0.2) is 22.9 Å². The first-order valence-corrected chi connectivity index (χ1v) is 7.43. The third kappa shape index (κ3) is 2.33. The van der Waals surface area contributed by atoms with Crippen LogP contribution in [0.3, 0.4) is 0 Å². The van der Waals surface area contributed by atoms with E-state index in [-0.39, 0.29) is 5.91 Å². The summed E-state index contributed by atoms with van der Waals surface area (Å²) in [4.78, 5) is 18.7. The average molecular weight is 317 g/mol. The van der Waals surface area contributed by atoms with Crippen molar-refractivity contribution in [3.63, 3.8) is 0 Å². The second-order valence-electron chi connectivity index (χ2n) is 5.83. The first-order chi connectivity index (χ1) is 10.4. The van der Waals surface area contributed by atoms with Gasteiger partial charge in [0.15, 0.2) is 0 Å². The van der Waals surface area contributed by atoms with Crippen molar-refractivity contribution in [1.82, 2.24) is 9.88 Å². The Morgan fingerprint density at radius 3 is 2.50 bits per heavy atom. The van der Waals surface area contributed by atoms with E-state index >= 15 is 0 Å².